The highest BCUT2D eigenvalue weighted by Crippen LogP contribution is 2.37. The normalized spacial score (nSPS) is 36.2. The molecule has 2 N–H and O–H groups in total. The fraction of sp³-hybridized carbons (Fsp3) is 1.00. The van der Waals surface area contributed by atoms with E-state index in [0.29, 0.717) is 5.92 Å². The van der Waals surface area contributed by atoms with Crippen LogP contribution >= 0.6 is 0 Å². The van der Waals surface area contributed by atoms with Gasteiger partial charge in [0.25, 0.3) is 0 Å². The van der Waals surface area contributed by atoms with Crippen molar-refractivity contribution >= 4 is 0 Å². The van der Waals surface area contributed by atoms with Crippen molar-refractivity contribution in [2.75, 3.05) is 0 Å². The first-order valence-corrected chi connectivity index (χ1v) is 6.40. The number of rotatable bonds is 4. The van der Waals surface area contributed by atoms with Gasteiger partial charge in [0.1, 0.15) is 0 Å². The first-order chi connectivity index (χ1) is 6.99. The van der Waals surface area contributed by atoms with Crippen molar-refractivity contribution in [3.8, 4) is 0 Å². The molecule has 1 saturated carbocycles. The van der Waals surface area contributed by atoms with Crippen LogP contribution in [0, 0.1) is 11.8 Å². The number of hydrogen-bond acceptors (Lipinski definition) is 2. The minimum absolute atomic E-state index is 0.216. The second kappa shape index (κ2) is 5.31. The standard InChI is InChI=1S/C13H26O2/c1-4-5-11(3)12(14)13(15)8-6-10(2)7-9-13/h10-12,14-15H,4-9H2,1-3H3. The van der Waals surface area contributed by atoms with Crippen LogP contribution in [0.25, 0.3) is 0 Å². The zero-order valence-electron chi connectivity index (χ0n) is 10.4. The van der Waals surface area contributed by atoms with E-state index in [-0.39, 0.29) is 5.92 Å². The minimum atomic E-state index is -0.804. The van der Waals surface area contributed by atoms with E-state index in [9.17, 15) is 10.2 Å². The third-order valence-electron chi connectivity index (χ3n) is 3.97. The molecular formula is C13H26O2. The van der Waals surface area contributed by atoms with Crippen LogP contribution in [0.3, 0.4) is 0 Å². The van der Waals surface area contributed by atoms with Crippen LogP contribution in [0.2, 0.25) is 0 Å². The maximum absolute atomic E-state index is 10.4. The number of aliphatic hydroxyl groups excluding tert-OH is 1. The monoisotopic (exact) mass is 214 g/mol. The molecule has 1 rings (SSSR count). The van der Waals surface area contributed by atoms with Gasteiger partial charge in [0.05, 0.1) is 11.7 Å². The van der Waals surface area contributed by atoms with Gasteiger partial charge >= 0.3 is 0 Å². The van der Waals surface area contributed by atoms with Crippen LogP contribution in [0.4, 0.5) is 0 Å². The first-order valence-electron chi connectivity index (χ1n) is 6.40. The molecule has 1 aliphatic carbocycles. The van der Waals surface area contributed by atoms with Crippen LogP contribution in [0.5, 0.6) is 0 Å². The summed E-state index contributed by atoms with van der Waals surface area (Å²) < 4.78 is 0. The predicted molar refractivity (Wildman–Crippen MR) is 62.7 cm³/mol. The summed E-state index contributed by atoms with van der Waals surface area (Å²) in [6.45, 7) is 6.39. The van der Waals surface area contributed by atoms with E-state index >= 15 is 0 Å². The highest BCUT2D eigenvalue weighted by molar-refractivity contribution is 4.92. The van der Waals surface area contributed by atoms with Crippen molar-refractivity contribution in [2.24, 2.45) is 11.8 Å². The third-order valence-corrected chi connectivity index (χ3v) is 3.97. The van der Waals surface area contributed by atoms with E-state index in [1.54, 1.807) is 0 Å². The van der Waals surface area contributed by atoms with Gasteiger partial charge in [0, 0.05) is 0 Å². The molecule has 0 aromatic rings. The second-order valence-electron chi connectivity index (χ2n) is 5.50. The maximum atomic E-state index is 10.4. The molecule has 15 heavy (non-hydrogen) atoms. The predicted octanol–water partition coefficient (Wildman–Crippen LogP) is 2.72. The Labute approximate surface area is 93.7 Å². The van der Waals surface area contributed by atoms with E-state index in [4.69, 9.17) is 0 Å². The van der Waals surface area contributed by atoms with Gasteiger partial charge in [-0.25, -0.2) is 0 Å². The fourth-order valence-corrected chi connectivity index (χ4v) is 2.70. The van der Waals surface area contributed by atoms with Crippen molar-refractivity contribution < 1.29 is 10.2 Å². The van der Waals surface area contributed by atoms with Crippen LogP contribution in [0.1, 0.15) is 59.3 Å². The molecular weight excluding hydrogens is 188 g/mol. The van der Waals surface area contributed by atoms with Crippen molar-refractivity contribution in [3.05, 3.63) is 0 Å². The van der Waals surface area contributed by atoms with E-state index < -0.39 is 11.7 Å². The zero-order valence-corrected chi connectivity index (χ0v) is 10.4. The summed E-state index contributed by atoms with van der Waals surface area (Å²) >= 11 is 0. The van der Waals surface area contributed by atoms with Gasteiger partial charge in [-0.05, 0) is 43.9 Å². The maximum Gasteiger partial charge on any atom is 0.0908 e. The summed E-state index contributed by atoms with van der Waals surface area (Å²) in [5.41, 5.74) is -0.804. The quantitative estimate of drug-likeness (QED) is 0.755. The SMILES string of the molecule is CCCC(C)C(O)C1(O)CCC(C)CC1. The van der Waals surface area contributed by atoms with Gasteiger partial charge in [0.15, 0.2) is 0 Å². The van der Waals surface area contributed by atoms with Gasteiger partial charge in [-0.1, -0.05) is 27.2 Å². The molecule has 90 valence electrons. The summed E-state index contributed by atoms with van der Waals surface area (Å²) in [4.78, 5) is 0. The molecule has 2 atom stereocenters. The lowest BCUT2D eigenvalue weighted by molar-refractivity contribution is -0.123. The average Bonchev–Trinajstić information content (AvgIpc) is 2.22. The Morgan fingerprint density at radius 1 is 1.33 bits per heavy atom. The van der Waals surface area contributed by atoms with Gasteiger partial charge in [-0.3, -0.25) is 0 Å². The molecule has 2 unspecified atom stereocenters. The van der Waals surface area contributed by atoms with E-state index in [1.807, 2.05) is 6.92 Å². The van der Waals surface area contributed by atoms with Crippen molar-refractivity contribution in [1.82, 2.24) is 0 Å². The highest BCUT2D eigenvalue weighted by atomic mass is 16.3. The van der Waals surface area contributed by atoms with Gasteiger partial charge < -0.3 is 10.2 Å². The van der Waals surface area contributed by atoms with Crippen LogP contribution in [-0.4, -0.2) is 21.9 Å². The smallest absolute Gasteiger partial charge is 0.0908 e. The van der Waals surface area contributed by atoms with E-state index in [0.717, 1.165) is 38.5 Å². The molecule has 0 amide bonds. The molecule has 0 aliphatic heterocycles. The lowest BCUT2D eigenvalue weighted by Gasteiger charge is -2.40. The van der Waals surface area contributed by atoms with Crippen LogP contribution in [0.15, 0.2) is 0 Å². The fourth-order valence-electron chi connectivity index (χ4n) is 2.70. The highest BCUT2D eigenvalue weighted by Gasteiger charge is 2.40. The second-order valence-corrected chi connectivity index (χ2v) is 5.50. The molecule has 0 spiro atoms. The molecule has 1 aliphatic rings. The molecule has 0 aromatic heterocycles. The Balaban J connectivity index is 2.53. The third kappa shape index (κ3) is 3.18. The molecule has 0 radical (unpaired) electrons. The van der Waals surface area contributed by atoms with Gasteiger partial charge in [-0.15, -0.1) is 0 Å². The van der Waals surface area contributed by atoms with Crippen molar-refractivity contribution in [2.45, 2.75) is 71.0 Å². The summed E-state index contributed by atoms with van der Waals surface area (Å²) in [7, 11) is 0. The Morgan fingerprint density at radius 3 is 2.33 bits per heavy atom. The minimum Gasteiger partial charge on any atom is -0.390 e. The lowest BCUT2D eigenvalue weighted by Crippen LogP contribution is -2.48. The Kier molecular flexibility index (Phi) is 4.60. The van der Waals surface area contributed by atoms with Crippen molar-refractivity contribution in [3.63, 3.8) is 0 Å². The number of hydrogen-bond donors (Lipinski definition) is 2. The van der Waals surface area contributed by atoms with Gasteiger partial charge in [0.2, 0.25) is 0 Å². The van der Waals surface area contributed by atoms with Crippen LogP contribution in [-0.2, 0) is 0 Å². The molecule has 0 heterocycles. The zero-order chi connectivity index (χ0) is 11.5. The summed E-state index contributed by atoms with van der Waals surface area (Å²) in [5.74, 6) is 0.923. The van der Waals surface area contributed by atoms with E-state index in [1.165, 1.54) is 0 Å². The molecule has 2 nitrogen and oxygen atoms in total. The van der Waals surface area contributed by atoms with E-state index in [2.05, 4.69) is 13.8 Å². The summed E-state index contributed by atoms with van der Waals surface area (Å²) in [6, 6.07) is 0. The van der Waals surface area contributed by atoms with Crippen molar-refractivity contribution in [1.29, 1.82) is 0 Å². The average molecular weight is 214 g/mol. The number of aliphatic hydroxyl groups is 2. The molecule has 0 aromatic carbocycles. The molecule has 0 bridgehead atoms. The summed E-state index contributed by atoms with van der Waals surface area (Å²) in [6.07, 6.45) is 5.17. The largest absolute Gasteiger partial charge is 0.390 e. The van der Waals surface area contributed by atoms with Crippen LogP contribution < -0.4 is 0 Å². The van der Waals surface area contributed by atoms with Gasteiger partial charge in [-0.2, -0.15) is 0 Å². The topological polar surface area (TPSA) is 40.5 Å². The molecule has 2 heteroatoms. The Hall–Kier alpha value is -0.0800. The molecule has 1 fully saturated rings. The molecule has 0 saturated heterocycles. The Morgan fingerprint density at radius 2 is 1.87 bits per heavy atom. The Bertz CT molecular complexity index is 183. The lowest BCUT2D eigenvalue weighted by atomic mass is 9.73. The first kappa shape index (κ1) is 13.0. The summed E-state index contributed by atoms with van der Waals surface area (Å²) in [5, 5.41) is 20.6.